The normalized spacial score (nSPS) is 13.8. The van der Waals surface area contributed by atoms with Crippen LogP contribution in [0, 0.1) is 0 Å². The minimum Gasteiger partial charge on any atom is -0.382 e. The van der Waals surface area contributed by atoms with Gasteiger partial charge in [0.05, 0.1) is 12.9 Å². The molecule has 0 saturated carbocycles. The summed E-state index contributed by atoms with van der Waals surface area (Å²) in [5, 5.41) is 0. The average Bonchev–Trinajstić information content (AvgIpc) is 2.78. The largest absolute Gasteiger partial charge is 0.382 e. The Balaban J connectivity index is 2.14. The Kier molecular flexibility index (Phi) is 4.29. The molecule has 2 aromatic heterocycles. The molecule has 4 N–H and O–H groups in total. The average molecular weight is 304 g/mol. The van der Waals surface area contributed by atoms with E-state index in [1.165, 1.54) is 17.2 Å². The number of imidazole rings is 1. The predicted molar refractivity (Wildman–Crippen MR) is 67.5 cm³/mol. The third-order valence-electron chi connectivity index (χ3n) is 2.48. The molecule has 2 heterocycles. The van der Waals surface area contributed by atoms with Gasteiger partial charge in [-0.3, -0.25) is 4.57 Å². The number of hydrogen-bond acceptors (Lipinski definition) is 6. The summed E-state index contributed by atoms with van der Waals surface area (Å²) in [7, 11) is -4.34. The third kappa shape index (κ3) is 3.48. The molecule has 9 nitrogen and oxygen atoms in total. The molecule has 0 aliphatic rings. The van der Waals surface area contributed by atoms with Crippen molar-refractivity contribution in [3.8, 4) is 0 Å². The van der Waals surface area contributed by atoms with Gasteiger partial charge in [0.15, 0.2) is 11.5 Å². The van der Waals surface area contributed by atoms with E-state index in [0.717, 1.165) is 0 Å². The second-order valence-corrected chi connectivity index (χ2v) is 5.65. The van der Waals surface area contributed by atoms with Gasteiger partial charge in [-0.1, -0.05) is 0 Å². The molecule has 110 valence electrons. The second kappa shape index (κ2) is 5.80. The summed E-state index contributed by atoms with van der Waals surface area (Å²) in [4.78, 5) is 29.2. The molecule has 0 aliphatic heterocycles. The Morgan fingerprint density at radius 2 is 2.20 bits per heavy atom. The molecule has 2 aromatic rings. The maximum absolute atomic E-state index is 12.8. The number of rotatable bonds is 6. The first-order valence-corrected chi connectivity index (χ1v) is 7.34. The van der Waals surface area contributed by atoms with Crippen LogP contribution < -0.4 is 5.73 Å². The number of halogens is 1. The van der Waals surface area contributed by atoms with E-state index in [4.69, 9.17) is 20.3 Å². The van der Waals surface area contributed by atoms with Crippen LogP contribution in [0.5, 0.6) is 0 Å². The quantitative estimate of drug-likeness (QED) is 0.629. The zero-order valence-corrected chi connectivity index (χ0v) is 11.2. The lowest BCUT2D eigenvalue weighted by atomic mass is 10.4. The first-order valence-electron chi connectivity index (χ1n) is 5.54. The highest BCUT2D eigenvalue weighted by atomic mass is 31.2. The van der Waals surface area contributed by atoms with Crippen LogP contribution in [0.4, 0.5) is 10.2 Å². The van der Waals surface area contributed by atoms with E-state index in [1.807, 2.05) is 0 Å². The van der Waals surface area contributed by atoms with Crippen molar-refractivity contribution in [3.05, 3.63) is 12.7 Å². The molecule has 0 saturated heterocycles. The lowest BCUT2D eigenvalue weighted by Gasteiger charge is -2.15. The molecule has 0 radical (unpaired) electrons. The van der Waals surface area contributed by atoms with Crippen molar-refractivity contribution in [2.75, 3.05) is 18.8 Å². The number of aromatic nitrogens is 4. The maximum atomic E-state index is 12.8. The zero-order chi connectivity index (χ0) is 14.8. The number of anilines is 1. The molecule has 11 heteroatoms. The standard InChI is InChI=1S/C9H13FN5O4P/c10-1-6(19-5-20(16,17)18)2-15-4-14-7-8(11)12-3-13-9(7)15/h3-4,6H,1-2,5H2,(H2,11,12,13)(H2,16,17,18)/i10-1. The topological polar surface area (TPSA) is 136 Å². The molecule has 2 rings (SSSR count). The molecule has 0 aliphatic carbocycles. The van der Waals surface area contributed by atoms with Crippen molar-refractivity contribution in [2.24, 2.45) is 0 Å². The van der Waals surface area contributed by atoms with Crippen LogP contribution in [0.1, 0.15) is 0 Å². The summed E-state index contributed by atoms with van der Waals surface area (Å²) in [6, 6.07) is 0. The fourth-order valence-electron chi connectivity index (χ4n) is 1.60. The van der Waals surface area contributed by atoms with E-state index in [0.29, 0.717) is 11.2 Å². The molecule has 0 aromatic carbocycles. The van der Waals surface area contributed by atoms with Gasteiger partial charge in [-0.05, 0) is 0 Å². The highest BCUT2D eigenvalue weighted by Gasteiger charge is 2.19. The third-order valence-corrected chi connectivity index (χ3v) is 2.97. The molecule has 1 unspecified atom stereocenters. The van der Waals surface area contributed by atoms with Gasteiger partial charge in [0.25, 0.3) is 0 Å². The minimum atomic E-state index is -4.34. The van der Waals surface area contributed by atoms with E-state index >= 15 is 0 Å². The van der Waals surface area contributed by atoms with Gasteiger partial charge in [0.1, 0.15) is 31.0 Å². The van der Waals surface area contributed by atoms with Gasteiger partial charge < -0.3 is 24.8 Å². The monoisotopic (exact) mass is 304 g/mol. The Morgan fingerprint density at radius 1 is 1.45 bits per heavy atom. The van der Waals surface area contributed by atoms with E-state index in [1.54, 1.807) is 0 Å². The summed E-state index contributed by atoms with van der Waals surface area (Å²) < 4.78 is 29.9. The molecule has 20 heavy (non-hydrogen) atoms. The Bertz CT molecular complexity index is 644. The first kappa shape index (κ1) is 14.8. The van der Waals surface area contributed by atoms with Crippen LogP contribution in [0.2, 0.25) is 0 Å². The summed E-state index contributed by atoms with van der Waals surface area (Å²) in [5.74, 6) is 0.196. The van der Waals surface area contributed by atoms with Crippen molar-refractivity contribution >= 4 is 24.6 Å². The van der Waals surface area contributed by atoms with E-state index in [-0.39, 0.29) is 12.4 Å². The second-order valence-electron chi connectivity index (χ2n) is 4.06. The van der Waals surface area contributed by atoms with Crippen LogP contribution in [-0.4, -0.2) is 48.4 Å². The summed E-state index contributed by atoms with van der Waals surface area (Å²) in [5.41, 5.74) is 6.39. The predicted octanol–water partition coefficient (Wildman–Crippen LogP) is -0.102. The first-order chi connectivity index (χ1) is 9.40. The SMILES string of the molecule is Nc1ncnc2c1ncn2CC(C[18F])OCP(=O)(O)O. The van der Waals surface area contributed by atoms with Crippen molar-refractivity contribution in [3.63, 3.8) is 0 Å². The minimum absolute atomic E-state index is 0.00343. The number of ether oxygens (including phenoxy) is 1. The molecule has 0 fully saturated rings. The maximum Gasteiger partial charge on any atom is 0.350 e. The van der Waals surface area contributed by atoms with Crippen LogP contribution in [-0.2, 0) is 15.8 Å². The Labute approximate surface area is 112 Å². The smallest absolute Gasteiger partial charge is 0.350 e. The summed E-state index contributed by atoms with van der Waals surface area (Å²) >= 11 is 0. The van der Waals surface area contributed by atoms with Crippen LogP contribution in [0.15, 0.2) is 12.7 Å². The molecule has 0 amide bonds. The zero-order valence-electron chi connectivity index (χ0n) is 10.3. The number of nitrogen functional groups attached to an aromatic ring is 1. The van der Waals surface area contributed by atoms with Gasteiger partial charge in [0.2, 0.25) is 0 Å². The van der Waals surface area contributed by atoms with Gasteiger partial charge >= 0.3 is 7.60 Å². The highest BCUT2D eigenvalue weighted by molar-refractivity contribution is 7.51. The molecule has 0 bridgehead atoms. The van der Waals surface area contributed by atoms with Gasteiger partial charge in [-0.15, -0.1) is 0 Å². The highest BCUT2D eigenvalue weighted by Crippen LogP contribution is 2.34. The lowest BCUT2D eigenvalue weighted by Crippen LogP contribution is -2.22. The van der Waals surface area contributed by atoms with Crippen molar-refractivity contribution in [2.45, 2.75) is 12.6 Å². The molecular weight excluding hydrogens is 291 g/mol. The van der Waals surface area contributed by atoms with Crippen LogP contribution in [0.25, 0.3) is 11.2 Å². The number of hydrogen-bond donors (Lipinski definition) is 3. The van der Waals surface area contributed by atoms with Gasteiger partial charge in [-0.25, -0.2) is 19.3 Å². The molecular formula is C9H13FN5O4P. The van der Waals surface area contributed by atoms with Crippen molar-refractivity contribution in [1.29, 1.82) is 0 Å². The number of nitrogens with two attached hydrogens (primary N) is 1. The summed E-state index contributed by atoms with van der Waals surface area (Å²) in [6.45, 7) is -0.899. The fourth-order valence-corrected chi connectivity index (χ4v) is 2.01. The van der Waals surface area contributed by atoms with E-state index in [9.17, 15) is 8.96 Å². The van der Waals surface area contributed by atoms with Gasteiger partial charge in [0, 0.05) is 0 Å². The van der Waals surface area contributed by atoms with Gasteiger partial charge in [-0.2, -0.15) is 0 Å². The lowest BCUT2D eigenvalue weighted by molar-refractivity contribution is 0.0445. The van der Waals surface area contributed by atoms with Crippen molar-refractivity contribution in [1.82, 2.24) is 19.5 Å². The number of fused-ring (bicyclic) bond motifs is 1. The molecule has 1 atom stereocenters. The Morgan fingerprint density at radius 3 is 2.85 bits per heavy atom. The number of nitrogens with zero attached hydrogens (tertiary/aromatic N) is 4. The fraction of sp³-hybridized carbons (Fsp3) is 0.444. The van der Waals surface area contributed by atoms with E-state index < -0.39 is 26.7 Å². The summed E-state index contributed by atoms with van der Waals surface area (Å²) in [6.07, 6.45) is 0.776. The van der Waals surface area contributed by atoms with E-state index in [2.05, 4.69) is 15.0 Å². The number of alkyl halides is 1. The van der Waals surface area contributed by atoms with Crippen molar-refractivity contribution < 1.29 is 23.5 Å². The Hall–Kier alpha value is -1.61. The van der Waals surface area contributed by atoms with Crippen LogP contribution in [0.3, 0.4) is 0 Å². The van der Waals surface area contributed by atoms with Crippen LogP contribution >= 0.6 is 7.60 Å². The molecule has 0 spiro atoms.